The van der Waals surface area contributed by atoms with E-state index in [1.54, 1.807) is 6.08 Å². The molecule has 0 aliphatic heterocycles. The van der Waals surface area contributed by atoms with Crippen molar-refractivity contribution < 1.29 is 19.4 Å². The monoisotopic (exact) mass is 238 g/mol. The Kier molecular flexibility index (Phi) is 5.63. The average Bonchev–Trinajstić information content (AvgIpc) is 2.62. The molecule has 94 valence electrons. The second kappa shape index (κ2) is 7.01. The van der Waals surface area contributed by atoms with Crippen molar-refractivity contribution in [1.82, 2.24) is 0 Å². The number of aliphatic hydroxyl groups excluding tert-OH is 1. The number of hydrogen-bond donors (Lipinski definition) is 1. The maximum absolute atomic E-state index is 11.3. The first-order valence-electron chi connectivity index (χ1n) is 5.77. The van der Waals surface area contributed by atoms with Crippen molar-refractivity contribution >= 4 is 11.8 Å². The van der Waals surface area contributed by atoms with Crippen LogP contribution in [0, 0.1) is 0 Å². The minimum Gasteiger partial charge on any atom is -0.469 e. The Hall–Kier alpha value is -1.42. The third-order valence-corrected chi connectivity index (χ3v) is 2.64. The van der Waals surface area contributed by atoms with Gasteiger partial charge in [-0.05, 0) is 30.9 Å². The van der Waals surface area contributed by atoms with Crippen LogP contribution < -0.4 is 0 Å². The SMILES string of the molecule is COC(=O)CC/C=C/CCC1=CC(O)CC1=O. The number of hydrogen-bond acceptors (Lipinski definition) is 4. The van der Waals surface area contributed by atoms with Crippen LogP contribution in [0.15, 0.2) is 23.8 Å². The Balaban J connectivity index is 2.15. The molecule has 0 fully saturated rings. The summed E-state index contributed by atoms with van der Waals surface area (Å²) in [4.78, 5) is 22.1. The molecular weight excluding hydrogens is 220 g/mol. The van der Waals surface area contributed by atoms with Crippen molar-refractivity contribution in [2.45, 2.75) is 38.2 Å². The third kappa shape index (κ3) is 4.95. The number of allylic oxidation sites excluding steroid dienone is 3. The van der Waals surface area contributed by atoms with Gasteiger partial charge in [0.25, 0.3) is 0 Å². The van der Waals surface area contributed by atoms with Crippen molar-refractivity contribution in [2.75, 3.05) is 7.11 Å². The lowest BCUT2D eigenvalue weighted by Gasteiger charge is -1.96. The fraction of sp³-hybridized carbons (Fsp3) is 0.538. The summed E-state index contributed by atoms with van der Waals surface area (Å²) in [6.45, 7) is 0. The molecule has 1 N–H and O–H groups in total. The van der Waals surface area contributed by atoms with Gasteiger partial charge in [-0.1, -0.05) is 12.2 Å². The van der Waals surface area contributed by atoms with Crippen LogP contribution in [0.2, 0.25) is 0 Å². The number of carbonyl (C=O) groups excluding carboxylic acids is 2. The smallest absolute Gasteiger partial charge is 0.305 e. The van der Waals surface area contributed by atoms with Crippen LogP contribution in [0.5, 0.6) is 0 Å². The Morgan fingerprint density at radius 2 is 2.24 bits per heavy atom. The van der Waals surface area contributed by atoms with Crippen LogP contribution in [0.4, 0.5) is 0 Å². The summed E-state index contributed by atoms with van der Waals surface area (Å²) in [6, 6.07) is 0. The van der Waals surface area contributed by atoms with Crippen LogP contribution in [0.3, 0.4) is 0 Å². The van der Waals surface area contributed by atoms with Gasteiger partial charge in [-0.25, -0.2) is 0 Å². The lowest BCUT2D eigenvalue weighted by molar-refractivity contribution is -0.140. The van der Waals surface area contributed by atoms with Crippen molar-refractivity contribution in [3.05, 3.63) is 23.8 Å². The van der Waals surface area contributed by atoms with E-state index in [1.807, 2.05) is 12.2 Å². The van der Waals surface area contributed by atoms with Gasteiger partial charge in [0.2, 0.25) is 0 Å². The molecule has 0 aromatic heterocycles. The molecule has 0 aromatic rings. The predicted molar refractivity (Wildman–Crippen MR) is 63.3 cm³/mol. The molecule has 0 spiro atoms. The predicted octanol–water partition coefficient (Wildman–Crippen LogP) is 1.54. The number of ketones is 1. The summed E-state index contributed by atoms with van der Waals surface area (Å²) in [5, 5.41) is 9.23. The largest absolute Gasteiger partial charge is 0.469 e. The number of carbonyl (C=O) groups is 2. The number of aliphatic hydroxyl groups is 1. The molecule has 4 heteroatoms. The van der Waals surface area contributed by atoms with E-state index >= 15 is 0 Å². The molecule has 0 radical (unpaired) electrons. The zero-order valence-corrected chi connectivity index (χ0v) is 10.0. The highest BCUT2D eigenvalue weighted by atomic mass is 16.5. The Labute approximate surface area is 101 Å². The normalized spacial score (nSPS) is 19.8. The molecule has 0 saturated heterocycles. The van der Waals surface area contributed by atoms with E-state index < -0.39 is 6.10 Å². The quantitative estimate of drug-likeness (QED) is 0.563. The number of rotatable bonds is 6. The van der Waals surface area contributed by atoms with Crippen LogP contribution in [-0.4, -0.2) is 30.1 Å². The minimum atomic E-state index is -0.596. The van der Waals surface area contributed by atoms with E-state index in [2.05, 4.69) is 4.74 Å². The number of Topliss-reactive ketones (excluding diaryl/α,β-unsaturated/α-hetero) is 1. The molecule has 1 aliphatic rings. The fourth-order valence-corrected chi connectivity index (χ4v) is 1.71. The highest BCUT2D eigenvalue weighted by molar-refractivity contribution is 5.98. The van der Waals surface area contributed by atoms with Gasteiger partial charge in [0.05, 0.1) is 13.2 Å². The van der Waals surface area contributed by atoms with Crippen LogP contribution in [-0.2, 0) is 14.3 Å². The van der Waals surface area contributed by atoms with E-state index in [9.17, 15) is 14.7 Å². The summed E-state index contributed by atoms with van der Waals surface area (Å²) in [6.07, 6.45) is 7.56. The van der Waals surface area contributed by atoms with Crippen molar-refractivity contribution in [3.8, 4) is 0 Å². The second-order valence-corrected chi connectivity index (χ2v) is 4.01. The second-order valence-electron chi connectivity index (χ2n) is 4.01. The maximum atomic E-state index is 11.3. The zero-order chi connectivity index (χ0) is 12.7. The van der Waals surface area contributed by atoms with Gasteiger partial charge in [-0.2, -0.15) is 0 Å². The van der Waals surface area contributed by atoms with Crippen molar-refractivity contribution in [2.24, 2.45) is 0 Å². The molecule has 1 unspecified atom stereocenters. The molecule has 0 saturated carbocycles. The molecule has 0 amide bonds. The molecule has 1 rings (SSSR count). The van der Waals surface area contributed by atoms with E-state index in [4.69, 9.17) is 0 Å². The Bertz CT molecular complexity index is 341. The minimum absolute atomic E-state index is 0.0421. The third-order valence-electron chi connectivity index (χ3n) is 2.64. The van der Waals surface area contributed by atoms with Gasteiger partial charge in [0.15, 0.2) is 5.78 Å². The first-order chi connectivity index (χ1) is 8.13. The van der Waals surface area contributed by atoms with Gasteiger partial charge >= 0.3 is 5.97 Å². The topological polar surface area (TPSA) is 63.6 Å². The summed E-state index contributed by atoms with van der Waals surface area (Å²) in [7, 11) is 1.37. The highest BCUT2D eigenvalue weighted by Gasteiger charge is 2.20. The number of ether oxygens (including phenoxy) is 1. The van der Waals surface area contributed by atoms with Crippen LogP contribution in [0.1, 0.15) is 32.1 Å². The molecule has 17 heavy (non-hydrogen) atoms. The lowest BCUT2D eigenvalue weighted by Crippen LogP contribution is -2.01. The van der Waals surface area contributed by atoms with Crippen molar-refractivity contribution in [3.63, 3.8) is 0 Å². The lowest BCUT2D eigenvalue weighted by atomic mass is 10.1. The standard InChI is InChI=1S/C13H18O4/c1-17-13(16)7-5-3-2-4-6-10-8-11(14)9-12(10)15/h2-3,8,11,14H,4-7,9H2,1H3/b3-2+. The molecule has 0 aromatic carbocycles. The summed E-state index contributed by atoms with van der Waals surface area (Å²) < 4.78 is 4.51. The highest BCUT2D eigenvalue weighted by Crippen LogP contribution is 2.19. The summed E-state index contributed by atoms with van der Waals surface area (Å²) in [5.41, 5.74) is 0.718. The van der Waals surface area contributed by atoms with Crippen LogP contribution in [0.25, 0.3) is 0 Å². The molecule has 4 nitrogen and oxygen atoms in total. The Morgan fingerprint density at radius 1 is 1.53 bits per heavy atom. The van der Waals surface area contributed by atoms with Crippen LogP contribution >= 0.6 is 0 Å². The molecular formula is C13H18O4. The Morgan fingerprint density at radius 3 is 2.82 bits per heavy atom. The average molecular weight is 238 g/mol. The number of methoxy groups -OCH3 is 1. The van der Waals surface area contributed by atoms with Gasteiger partial charge < -0.3 is 9.84 Å². The molecule has 1 aliphatic carbocycles. The zero-order valence-electron chi connectivity index (χ0n) is 10.0. The summed E-state index contributed by atoms with van der Waals surface area (Å²) in [5.74, 6) is -0.174. The van der Waals surface area contributed by atoms with Gasteiger partial charge in [-0.3, -0.25) is 9.59 Å². The van der Waals surface area contributed by atoms with E-state index in [-0.39, 0.29) is 18.2 Å². The van der Waals surface area contributed by atoms with E-state index in [1.165, 1.54) is 7.11 Å². The molecule has 0 bridgehead atoms. The molecule has 1 atom stereocenters. The number of esters is 1. The van der Waals surface area contributed by atoms with Gasteiger partial charge in [0, 0.05) is 12.8 Å². The first kappa shape index (κ1) is 13.6. The maximum Gasteiger partial charge on any atom is 0.305 e. The first-order valence-corrected chi connectivity index (χ1v) is 5.77. The van der Waals surface area contributed by atoms with Gasteiger partial charge in [-0.15, -0.1) is 0 Å². The van der Waals surface area contributed by atoms with E-state index in [0.717, 1.165) is 12.0 Å². The van der Waals surface area contributed by atoms with Gasteiger partial charge in [0.1, 0.15) is 0 Å². The molecule has 0 heterocycles. The summed E-state index contributed by atoms with van der Waals surface area (Å²) >= 11 is 0. The van der Waals surface area contributed by atoms with E-state index in [0.29, 0.717) is 19.3 Å². The van der Waals surface area contributed by atoms with Crippen molar-refractivity contribution in [1.29, 1.82) is 0 Å². The fourth-order valence-electron chi connectivity index (χ4n) is 1.71.